The number of carbonyl (C=O) groups is 3. The van der Waals surface area contributed by atoms with Crippen molar-refractivity contribution in [3.63, 3.8) is 0 Å². The summed E-state index contributed by atoms with van der Waals surface area (Å²) in [5, 5.41) is 18.6. The van der Waals surface area contributed by atoms with E-state index < -0.39 is 65.3 Å². The molecule has 34 heteroatoms. The van der Waals surface area contributed by atoms with Gasteiger partial charge in [-0.2, -0.15) is 10.2 Å². The van der Waals surface area contributed by atoms with E-state index in [0.717, 1.165) is 46.9 Å². The lowest BCUT2D eigenvalue weighted by atomic mass is 10.0. The molecule has 9 aromatic rings. The minimum atomic E-state index is -2.90. The van der Waals surface area contributed by atoms with E-state index in [1.54, 1.807) is 56.4 Å². The van der Waals surface area contributed by atoms with E-state index in [2.05, 4.69) is 72.9 Å². The number of carbonyl (C=O) groups excluding carboxylic acids is 3. The van der Waals surface area contributed by atoms with Crippen LogP contribution in [0.3, 0.4) is 0 Å². The summed E-state index contributed by atoms with van der Waals surface area (Å²) in [6.07, 6.45) is 8.03. The number of halogens is 6. The quantitative estimate of drug-likeness (QED) is 0.0569. The van der Waals surface area contributed by atoms with Gasteiger partial charge in [0.15, 0.2) is 5.82 Å². The number of anilines is 3. The van der Waals surface area contributed by atoms with Crippen molar-refractivity contribution in [2.24, 2.45) is 14.1 Å². The van der Waals surface area contributed by atoms with Crippen molar-refractivity contribution in [2.75, 3.05) is 37.1 Å². The summed E-state index contributed by atoms with van der Waals surface area (Å²) in [6, 6.07) is 18.4. The number of nitrogens with zero attached hydrogens (tertiary/aromatic N) is 9. The van der Waals surface area contributed by atoms with Crippen LogP contribution in [-0.2, 0) is 58.2 Å². The van der Waals surface area contributed by atoms with Crippen molar-refractivity contribution < 1.29 is 40.2 Å². The predicted molar refractivity (Wildman–Crippen MR) is 370 cm³/mol. The molecule has 0 saturated carbocycles. The first-order valence-electron chi connectivity index (χ1n) is 28.0. The number of hydrogen-bond acceptors (Lipinski definition) is 13. The second-order valence-electron chi connectivity index (χ2n) is 21.8. The molecule has 3 saturated heterocycles. The van der Waals surface area contributed by atoms with Crippen LogP contribution in [0.4, 0.5) is 30.2 Å². The molecule has 0 spiro atoms. The molecule has 9 atom stereocenters. The topological polar surface area (TPSA) is 262 Å². The molecule has 3 fully saturated rings. The summed E-state index contributed by atoms with van der Waals surface area (Å²) < 4.78 is 96.4. The van der Waals surface area contributed by atoms with Gasteiger partial charge in [0.1, 0.15) is 41.9 Å². The van der Waals surface area contributed by atoms with Crippen molar-refractivity contribution in [2.45, 2.75) is 62.4 Å². The van der Waals surface area contributed by atoms with Crippen LogP contribution < -0.4 is 30.1 Å². The van der Waals surface area contributed by atoms with Gasteiger partial charge in [0.05, 0.1) is 96.5 Å². The first-order chi connectivity index (χ1) is 43.9. The Kier molecular flexibility index (Phi) is 21.0. The Hall–Kier alpha value is -6.79. The maximum atomic E-state index is 13.4. The van der Waals surface area contributed by atoms with Gasteiger partial charge < -0.3 is 20.9 Å². The number of thiophene rings is 3. The number of rotatable bonds is 12. The van der Waals surface area contributed by atoms with Gasteiger partial charge in [-0.3, -0.25) is 23.7 Å². The summed E-state index contributed by atoms with van der Waals surface area (Å²) >= 11 is 21.9. The lowest BCUT2D eigenvalue weighted by Crippen LogP contribution is -2.55. The van der Waals surface area contributed by atoms with E-state index in [0.29, 0.717) is 42.1 Å². The van der Waals surface area contributed by atoms with E-state index in [9.17, 15) is 40.2 Å². The minimum absolute atomic E-state index is 0.0860. The van der Waals surface area contributed by atoms with Gasteiger partial charge in [-0.1, -0.05) is 34.8 Å². The van der Waals surface area contributed by atoms with Crippen LogP contribution in [0.15, 0.2) is 115 Å². The molecule has 9 unspecified atom stereocenters. The normalized spacial score (nSPS) is 24.3. The van der Waals surface area contributed by atoms with Crippen molar-refractivity contribution in [3.05, 3.63) is 168 Å². The number of H-pyrrole nitrogens is 1. The van der Waals surface area contributed by atoms with Gasteiger partial charge in [-0.25, -0.2) is 62.8 Å². The SMILES string of the molecule is C=S1(=O)NC(c2cc(-c3cn(C)nc3C)cs2)CC(C(=O)Nc2ccc(F)c(Cl)c2)N1C.C=S1(=O)NC(c2ccc(-c3cnc[nH]3)s2)CC(C(=O)Nc2ccc(F)c(Cl)c2)N1C.C=S1(=O)NC(c2ccc(-c3ncn(C)n3)s2)CC(C(=O)Nc2ccc(F)c(Cl)c2)N1C. The largest absolute Gasteiger partial charge is 0.344 e. The zero-order chi connectivity index (χ0) is 67.0. The number of likely N-dealkylation sites (N-methyl/N-ethyl adjacent to an activating group) is 3. The third-order valence-electron chi connectivity index (χ3n) is 15.3. The van der Waals surface area contributed by atoms with Crippen molar-refractivity contribution in [1.82, 2.24) is 61.6 Å². The molecule has 6 aromatic heterocycles. The predicted octanol–water partition coefficient (Wildman–Crippen LogP) is 10.1. The third-order valence-corrected chi connectivity index (χ3v) is 25.2. The lowest BCUT2D eigenvalue weighted by molar-refractivity contribution is -0.120. The molecular weight excluding hydrogens is 1380 g/mol. The van der Waals surface area contributed by atoms with Gasteiger partial charge in [-0.15, -0.1) is 34.0 Å². The minimum Gasteiger partial charge on any atom is -0.344 e. The van der Waals surface area contributed by atoms with Crippen molar-refractivity contribution in [1.29, 1.82) is 0 Å². The summed E-state index contributed by atoms with van der Waals surface area (Å²) in [5.74, 6) is 9.18. The van der Waals surface area contributed by atoms with E-state index in [-0.39, 0.29) is 50.9 Å². The summed E-state index contributed by atoms with van der Waals surface area (Å²) in [4.78, 5) is 54.9. The smallest absolute Gasteiger partial charge is 0.242 e. The Morgan fingerprint density at radius 2 is 1.02 bits per heavy atom. The van der Waals surface area contributed by atoms with Crippen LogP contribution in [0.1, 0.15) is 57.7 Å². The van der Waals surface area contributed by atoms with Crippen molar-refractivity contribution >= 4 is 151 Å². The molecule has 3 aliphatic heterocycles. The number of benzene rings is 3. The van der Waals surface area contributed by atoms with Gasteiger partial charge in [0, 0.05) is 78.7 Å². The van der Waals surface area contributed by atoms with Gasteiger partial charge in [0.25, 0.3) is 0 Å². The zero-order valence-electron chi connectivity index (χ0n) is 50.4. The Labute approximate surface area is 562 Å². The second-order valence-corrected chi connectivity index (χ2v) is 32.5. The molecular formula is C59H62Cl3F3N16O6S6. The Balaban J connectivity index is 0.000000153. The Morgan fingerprint density at radius 1 is 0.591 bits per heavy atom. The molecule has 3 aromatic carbocycles. The van der Waals surface area contributed by atoms with E-state index in [1.807, 2.05) is 55.9 Å². The Morgan fingerprint density at radius 3 is 1.41 bits per heavy atom. The summed E-state index contributed by atoms with van der Waals surface area (Å²) in [7, 11) is -0.249. The van der Waals surface area contributed by atoms with Crippen LogP contribution in [0.2, 0.25) is 15.1 Å². The Bertz CT molecular complexity index is 4620. The number of aromatic amines is 1. The van der Waals surface area contributed by atoms with E-state index in [1.165, 1.54) is 102 Å². The van der Waals surface area contributed by atoms with Crippen LogP contribution in [-0.4, -0.2) is 135 Å². The van der Waals surface area contributed by atoms with E-state index in [4.69, 9.17) is 34.8 Å². The van der Waals surface area contributed by atoms with Gasteiger partial charge >= 0.3 is 0 Å². The van der Waals surface area contributed by atoms with Gasteiger partial charge in [-0.05, 0) is 140 Å². The number of hydrogen-bond donors (Lipinski definition) is 7. The number of imidazole rings is 1. The molecule has 3 amide bonds. The van der Waals surface area contributed by atoms with Gasteiger partial charge in [0.2, 0.25) is 17.7 Å². The van der Waals surface area contributed by atoms with Crippen molar-refractivity contribution in [3.8, 4) is 32.4 Å². The molecule has 7 N–H and O–H groups in total. The fraction of sp³-hybridized carbons (Fsp3) is 0.254. The average molecular weight is 1450 g/mol. The maximum absolute atomic E-state index is 13.4. The first-order valence-corrected chi connectivity index (χ1v) is 36.7. The molecule has 0 radical (unpaired) electrons. The summed E-state index contributed by atoms with van der Waals surface area (Å²) in [5.41, 5.74) is 4.94. The number of nitrogens with one attached hydrogen (secondary N) is 7. The van der Waals surface area contributed by atoms with Crippen LogP contribution in [0, 0.1) is 24.4 Å². The van der Waals surface area contributed by atoms with E-state index >= 15 is 0 Å². The molecule has 9 heterocycles. The fourth-order valence-corrected chi connectivity index (χ4v) is 18.3. The monoisotopic (exact) mass is 1440 g/mol. The second kappa shape index (κ2) is 28.3. The number of aromatic nitrogens is 7. The molecule has 492 valence electrons. The lowest BCUT2D eigenvalue weighted by Gasteiger charge is -2.39. The highest BCUT2D eigenvalue weighted by atomic mass is 35.5. The highest BCUT2D eigenvalue weighted by molar-refractivity contribution is 7.97. The molecule has 12 rings (SSSR count). The third kappa shape index (κ3) is 16.0. The average Bonchev–Trinajstić information content (AvgIpc) is 1.75. The van der Waals surface area contributed by atoms with Crippen LogP contribution in [0.25, 0.3) is 32.4 Å². The molecule has 0 bridgehead atoms. The first kappa shape index (κ1) is 69.1. The molecule has 93 heavy (non-hydrogen) atoms. The standard InChI is InChI=1S/C21H23ClFN5O2S2.C19H20ClFN6O2S2.C19H19ClFN5O2S2/c1-12-15(10-27(2)25-12)13-7-20(31-11-13)18-9-19(28(3)32(4,30)26-18)21(29)24-14-5-6-17(23)16(22)8-14;1-26-10-22-18(24-26)17-7-6-16(30-17)14-9-15(27(2)31(3,29)25-14)19(28)23-11-4-5-13(21)12(20)8-11;1-26-16(19(27)24-11-3-4-13(21)12(20)7-11)8-14(25-30(26,2)28)17-5-6-18(29-17)15-9-22-10-23-15/h5-8,10-11,18-19H,4,9H2,1-3H3,(H,24,29)(H,26,30);4-8,10,14-15H,3,9H2,1-2H3,(H,23,28)(H,25,29);3-7,9-10,14,16H,2,8H2,1H3,(H,22,23)(H,24,27)(H,25,28). The molecule has 22 nitrogen and oxygen atoms in total. The fourth-order valence-electron chi connectivity index (χ4n) is 10.3. The maximum Gasteiger partial charge on any atom is 0.242 e. The molecule has 3 aliphatic rings. The van der Waals surface area contributed by atoms with Crippen LogP contribution in [0.5, 0.6) is 0 Å². The molecule has 0 aliphatic carbocycles. The summed E-state index contributed by atoms with van der Waals surface area (Å²) in [6.45, 7) is 1.95. The zero-order valence-corrected chi connectivity index (χ0v) is 57.5. The van der Waals surface area contributed by atoms with Crippen LogP contribution >= 0.6 is 68.8 Å². The highest BCUT2D eigenvalue weighted by Crippen LogP contribution is 2.39. The highest BCUT2D eigenvalue weighted by Gasteiger charge is 2.41. The number of aryl methyl sites for hydroxylation is 3. The number of amides is 3.